The maximum Gasteiger partial charge on any atom is 0.271 e. The number of H-pyrrole nitrogens is 1. The summed E-state index contributed by atoms with van der Waals surface area (Å²) in [5.74, 6) is 0.521. The third-order valence-corrected chi connectivity index (χ3v) is 5.00. The second-order valence-electron chi connectivity index (χ2n) is 6.93. The summed E-state index contributed by atoms with van der Waals surface area (Å²) in [5, 5.41) is 10.0. The highest BCUT2D eigenvalue weighted by atomic mass is 16.1. The van der Waals surface area contributed by atoms with Crippen LogP contribution in [-0.2, 0) is 6.42 Å². The second-order valence-corrected chi connectivity index (χ2v) is 6.93. The Bertz CT molecular complexity index is 709. The molecule has 1 amide bonds. The molecule has 0 spiro atoms. The zero-order valence-corrected chi connectivity index (χ0v) is 15.2. The summed E-state index contributed by atoms with van der Waals surface area (Å²) in [4.78, 5) is 14.6. The standard InChI is InChI=1S/C20H28N4O/c1-3-6-17-13-19(23-22-17)20(25)21-10-12-24-11-9-16(14-24)18-8-5-4-7-15(18)2/h4-5,7-8,13,16H,3,6,9-12,14H2,1-2H3,(H,21,25)(H,22,23). The Balaban J connectivity index is 1.43. The number of carbonyl (C=O) groups is 1. The summed E-state index contributed by atoms with van der Waals surface area (Å²) < 4.78 is 0. The molecule has 134 valence electrons. The Labute approximate surface area is 149 Å². The fourth-order valence-electron chi connectivity index (χ4n) is 3.63. The number of nitrogens with one attached hydrogen (secondary N) is 2. The molecule has 3 rings (SSSR count). The minimum atomic E-state index is -0.0896. The summed E-state index contributed by atoms with van der Waals surface area (Å²) >= 11 is 0. The minimum Gasteiger partial charge on any atom is -0.349 e. The maximum absolute atomic E-state index is 12.2. The van der Waals surface area contributed by atoms with Gasteiger partial charge in [0.1, 0.15) is 5.69 Å². The number of aryl methyl sites for hydroxylation is 2. The summed E-state index contributed by atoms with van der Waals surface area (Å²) in [6.07, 6.45) is 3.16. The first-order valence-corrected chi connectivity index (χ1v) is 9.27. The average molecular weight is 340 g/mol. The zero-order chi connectivity index (χ0) is 17.6. The first-order valence-electron chi connectivity index (χ1n) is 9.27. The largest absolute Gasteiger partial charge is 0.349 e. The Morgan fingerprint density at radius 2 is 2.24 bits per heavy atom. The third-order valence-electron chi connectivity index (χ3n) is 5.00. The zero-order valence-electron chi connectivity index (χ0n) is 15.2. The minimum absolute atomic E-state index is 0.0896. The molecule has 0 bridgehead atoms. The highest BCUT2D eigenvalue weighted by molar-refractivity contribution is 5.92. The number of amides is 1. The molecule has 1 aliphatic rings. The average Bonchev–Trinajstić information content (AvgIpc) is 3.25. The molecule has 1 aromatic carbocycles. The number of likely N-dealkylation sites (tertiary alicyclic amines) is 1. The van der Waals surface area contributed by atoms with Gasteiger partial charge in [-0.25, -0.2) is 0 Å². The van der Waals surface area contributed by atoms with Crippen LogP contribution in [0, 0.1) is 6.92 Å². The molecule has 1 aliphatic heterocycles. The van der Waals surface area contributed by atoms with Crippen molar-refractivity contribution < 1.29 is 4.79 Å². The highest BCUT2D eigenvalue weighted by Gasteiger charge is 2.24. The monoisotopic (exact) mass is 340 g/mol. The Hall–Kier alpha value is -2.14. The maximum atomic E-state index is 12.2. The summed E-state index contributed by atoms with van der Waals surface area (Å²) in [7, 11) is 0. The van der Waals surface area contributed by atoms with Gasteiger partial charge in [0.2, 0.25) is 0 Å². The van der Waals surface area contributed by atoms with Gasteiger partial charge in [-0.05, 0) is 49.4 Å². The smallest absolute Gasteiger partial charge is 0.271 e. The van der Waals surface area contributed by atoms with E-state index < -0.39 is 0 Å². The molecule has 5 nitrogen and oxygen atoms in total. The Morgan fingerprint density at radius 1 is 1.40 bits per heavy atom. The van der Waals surface area contributed by atoms with Crippen molar-refractivity contribution >= 4 is 5.91 Å². The van der Waals surface area contributed by atoms with Gasteiger partial charge in [0, 0.05) is 25.3 Å². The van der Waals surface area contributed by atoms with Gasteiger partial charge in [-0.2, -0.15) is 5.10 Å². The lowest BCUT2D eigenvalue weighted by atomic mass is 9.94. The molecule has 1 unspecified atom stereocenters. The number of benzene rings is 1. The quantitative estimate of drug-likeness (QED) is 0.815. The number of hydrogen-bond donors (Lipinski definition) is 2. The fraction of sp³-hybridized carbons (Fsp3) is 0.500. The van der Waals surface area contributed by atoms with E-state index in [4.69, 9.17) is 0 Å². The van der Waals surface area contributed by atoms with Crippen LogP contribution in [0.5, 0.6) is 0 Å². The van der Waals surface area contributed by atoms with E-state index in [1.165, 1.54) is 17.5 Å². The lowest BCUT2D eigenvalue weighted by Gasteiger charge is -2.17. The topological polar surface area (TPSA) is 61.0 Å². The molecule has 2 aromatic rings. The lowest BCUT2D eigenvalue weighted by molar-refractivity contribution is 0.0944. The van der Waals surface area contributed by atoms with Crippen LogP contribution >= 0.6 is 0 Å². The summed E-state index contributed by atoms with van der Waals surface area (Å²) in [6.45, 7) is 8.02. The van der Waals surface area contributed by atoms with E-state index in [2.05, 4.69) is 58.5 Å². The Morgan fingerprint density at radius 3 is 3.04 bits per heavy atom. The van der Waals surface area contributed by atoms with Crippen LogP contribution in [0.25, 0.3) is 0 Å². The second kappa shape index (κ2) is 8.30. The van der Waals surface area contributed by atoms with Crippen LogP contribution in [0.1, 0.15) is 53.0 Å². The van der Waals surface area contributed by atoms with E-state index in [-0.39, 0.29) is 5.91 Å². The van der Waals surface area contributed by atoms with Crippen LogP contribution in [0.4, 0.5) is 0 Å². The molecule has 1 aromatic heterocycles. The number of carbonyl (C=O) groups excluding carboxylic acids is 1. The van der Waals surface area contributed by atoms with Crippen LogP contribution in [0.2, 0.25) is 0 Å². The summed E-state index contributed by atoms with van der Waals surface area (Å²) in [5.41, 5.74) is 4.36. The molecular formula is C20H28N4O. The van der Waals surface area contributed by atoms with Crippen molar-refractivity contribution in [3.05, 3.63) is 52.8 Å². The molecule has 2 N–H and O–H groups in total. The van der Waals surface area contributed by atoms with Crippen LogP contribution in [0.15, 0.2) is 30.3 Å². The lowest BCUT2D eigenvalue weighted by Crippen LogP contribution is -2.34. The number of aromatic amines is 1. The van der Waals surface area contributed by atoms with E-state index in [1.54, 1.807) is 0 Å². The third kappa shape index (κ3) is 4.48. The number of aromatic nitrogens is 2. The SMILES string of the molecule is CCCc1cc(C(=O)NCCN2CCC(c3ccccc3C)C2)n[nH]1. The van der Waals surface area contributed by atoms with Crippen molar-refractivity contribution in [1.82, 2.24) is 20.4 Å². The fourth-order valence-corrected chi connectivity index (χ4v) is 3.63. The molecule has 0 saturated carbocycles. The number of hydrogen-bond acceptors (Lipinski definition) is 3. The van der Waals surface area contributed by atoms with Gasteiger partial charge in [-0.1, -0.05) is 37.6 Å². The van der Waals surface area contributed by atoms with Crippen molar-refractivity contribution in [3.63, 3.8) is 0 Å². The van der Waals surface area contributed by atoms with Gasteiger partial charge < -0.3 is 10.2 Å². The molecule has 0 aliphatic carbocycles. The van der Waals surface area contributed by atoms with Crippen LogP contribution < -0.4 is 5.32 Å². The predicted octanol–water partition coefficient (Wildman–Crippen LogP) is 2.89. The predicted molar refractivity (Wildman–Crippen MR) is 99.9 cm³/mol. The van der Waals surface area contributed by atoms with E-state index in [0.29, 0.717) is 18.2 Å². The van der Waals surface area contributed by atoms with Gasteiger partial charge in [-0.15, -0.1) is 0 Å². The van der Waals surface area contributed by atoms with E-state index in [0.717, 1.165) is 38.2 Å². The van der Waals surface area contributed by atoms with E-state index in [9.17, 15) is 4.79 Å². The van der Waals surface area contributed by atoms with Crippen LogP contribution in [0.3, 0.4) is 0 Å². The molecular weight excluding hydrogens is 312 g/mol. The molecule has 2 heterocycles. The first-order chi connectivity index (χ1) is 12.2. The first kappa shape index (κ1) is 17.7. The van der Waals surface area contributed by atoms with Gasteiger partial charge in [0.25, 0.3) is 5.91 Å². The van der Waals surface area contributed by atoms with Gasteiger partial charge in [0.05, 0.1) is 0 Å². The molecule has 1 fully saturated rings. The molecule has 1 atom stereocenters. The normalized spacial score (nSPS) is 17.8. The van der Waals surface area contributed by atoms with Gasteiger partial charge >= 0.3 is 0 Å². The van der Waals surface area contributed by atoms with Crippen molar-refractivity contribution in [2.24, 2.45) is 0 Å². The number of rotatable bonds is 7. The van der Waals surface area contributed by atoms with E-state index in [1.807, 2.05) is 6.07 Å². The summed E-state index contributed by atoms with van der Waals surface area (Å²) in [6, 6.07) is 10.5. The Kier molecular flexibility index (Phi) is 5.87. The highest BCUT2D eigenvalue weighted by Crippen LogP contribution is 2.28. The van der Waals surface area contributed by atoms with Gasteiger partial charge in [0.15, 0.2) is 0 Å². The molecule has 5 heteroatoms. The van der Waals surface area contributed by atoms with Crippen molar-refractivity contribution in [1.29, 1.82) is 0 Å². The van der Waals surface area contributed by atoms with Gasteiger partial charge in [-0.3, -0.25) is 9.89 Å². The van der Waals surface area contributed by atoms with Crippen molar-refractivity contribution in [2.45, 2.75) is 39.0 Å². The number of nitrogens with zero attached hydrogens (tertiary/aromatic N) is 2. The van der Waals surface area contributed by atoms with Crippen LogP contribution in [-0.4, -0.2) is 47.2 Å². The molecule has 25 heavy (non-hydrogen) atoms. The molecule has 1 saturated heterocycles. The van der Waals surface area contributed by atoms with E-state index >= 15 is 0 Å². The molecule has 0 radical (unpaired) electrons. The van der Waals surface area contributed by atoms with Crippen molar-refractivity contribution in [3.8, 4) is 0 Å². The van der Waals surface area contributed by atoms with Crippen molar-refractivity contribution in [2.75, 3.05) is 26.2 Å².